The van der Waals surface area contributed by atoms with E-state index < -0.39 is 5.60 Å². The molecule has 6 heteroatoms. The molecule has 1 aromatic carbocycles. The summed E-state index contributed by atoms with van der Waals surface area (Å²) in [6.45, 7) is 20.6. The molecular weight excluding hydrogens is 404 g/mol. The van der Waals surface area contributed by atoms with Crippen LogP contribution in [0.25, 0.3) is 0 Å². The Hall–Kier alpha value is -1.79. The van der Waals surface area contributed by atoms with E-state index in [2.05, 4.69) is 24.8 Å². The molecule has 1 saturated heterocycles. The van der Waals surface area contributed by atoms with E-state index in [0.29, 0.717) is 0 Å². The largest absolute Gasteiger partial charge is 0.496 e. The molecule has 0 radical (unpaired) electrons. The summed E-state index contributed by atoms with van der Waals surface area (Å²) in [5, 5.41) is 7.00. The number of aliphatic hydroxyl groups excluding tert-OH is 1. The van der Waals surface area contributed by atoms with Crippen LogP contribution >= 0.6 is 0 Å². The van der Waals surface area contributed by atoms with Crippen molar-refractivity contribution in [3.63, 3.8) is 0 Å². The molecule has 1 aliphatic rings. The van der Waals surface area contributed by atoms with Gasteiger partial charge in [-0.1, -0.05) is 59.2 Å². The molecule has 2 unspecified atom stereocenters. The SMILES string of the molecule is CC.CC.CCCC1CN(Cc2ccccc2OC)CC(C)N1C(=O)OC(C)(C)C.CO. The molecule has 0 spiro atoms. The number of hydrogen-bond donors (Lipinski definition) is 1. The van der Waals surface area contributed by atoms with Crippen LogP contribution in [0.15, 0.2) is 24.3 Å². The van der Waals surface area contributed by atoms with Crippen molar-refractivity contribution in [2.24, 2.45) is 0 Å². The lowest BCUT2D eigenvalue weighted by Gasteiger charge is -2.46. The Morgan fingerprint density at radius 1 is 1.09 bits per heavy atom. The number of ether oxygens (including phenoxy) is 2. The van der Waals surface area contributed by atoms with Gasteiger partial charge in [-0.3, -0.25) is 9.80 Å². The lowest BCUT2D eigenvalue weighted by atomic mass is 10.0. The molecule has 2 atom stereocenters. The predicted octanol–water partition coefficient (Wildman–Crippen LogP) is 5.97. The zero-order valence-corrected chi connectivity index (χ0v) is 22.6. The van der Waals surface area contributed by atoms with Crippen molar-refractivity contribution >= 4 is 6.09 Å². The van der Waals surface area contributed by atoms with Crippen LogP contribution in [0.3, 0.4) is 0 Å². The van der Waals surface area contributed by atoms with E-state index in [1.807, 2.05) is 71.6 Å². The smallest absolute Gasteiger partial charge is 0.410 e. The number of amides is 1. The number of methoxy groups -OCH3 is 1. The molecule has 0 aromatic heterocycles. The van der Waals surface area contributed by atoms with Crippen molar-refractivity contribution in [1.82, 2.24) is 9.80 Å². The summed E-state index contributed by atoms with van der Waals surface area (Å²) < 4.78 is 11.2. The number of carbonyl (C=O) groups excluding carboxylic acids is 1. The number of aliphatic hydroxyl groups is 1. The lowest BCUT2D eigenvalue weighted by Crippen LogP contribution is -2.60. The first-order chi connectivity index (χ1) is 15.2. The number of carbonyl (C=O) groups is 1. The van der Waals surface area contributed by atoms with Crippen LogP contribution in [-0.4, -0.2) is 66.0 Å². The average molecular weight is 455 g/mol. The first kappa shape index (κ1) is 32.4. The fourth-order valence-electron chi connectivity index (χ4n) is 3.69. The Morgan fingerprint density at radius 3 is 2.16 bits per heavy atom. The highest BCUT2D eigenvalue weighted by molar-refractivity contribution is 5.69. The van der Waals surface area contributed by atoms with Gasteiger partial charge < -0.3 is 14.6 Å². The zero-order chi connectivity index (χ0) is 25.3. The summed E-state index contributed by atoms with van der Waals surface area (Å²) >= 11 is 0. The fraction of sp³-hybridized carbons (Fsp3) is 0.731. The monoisotopic (exact) mass is 454 g/mol. The number of hydrogen-bond acceptors (Lipinski definition) is 5. The quantitative estimate of drug-likeness (QED) is 0.594. The van der Waals surface area contributed by atoms with E-state index in [9.17, 15) is 4.79 Å². The molecule has 32 heavy (non-hydrogen) atoms. The Kier molecular flexibility index (Phi) is 17.9. The second-order valence-corrected chi connectivity index (χ2v) is 8.19. The molecular formula is C26H50N2O4. The number of nitrogens with zero attached hydrogens (tertiary/aromatic N) is 2. The molecule has 0 saturated carbocycles. The van der Waals surface area contributed by atoms with Gasteiger partial charge in [0.05, 0.1) is 7.11 Å². The van der Waals surface area contributed by atoms with E-state index in [4.69, 9.17) is 14.6 Å². The predicted molar refractivity (Wildman–Crippen MR) is 135 cm³/mol. The Labute approximate surface area is 197 Å². The number of benzene rings is 1. The van der Waals surface area contributed by atoms with Crippen molar-refractivity contribution in [2.45, 2.75) is 99.4 Å². The standard InChI is InChI=1S/C21H34N2O3.2C2H6.CH4O/c1-7-10-18-15-22(14-17-11-8-9-12-19(17)25-6)13-16(2)23(18)20(24)26-21(3,4)5;3*1-2/h8-9,11-12,16,18H,7,10,13-15H2,1-6H3;2*1-2H3;2H,1H3. The van der Waals surface area contributed by atoms with Crippen molar-refractivity contribution < 1.29 is 19.4 Å². The number of piperazine rings is 1. The molecule has 1 fully saturated rings. The molecule has 1 heterocycles. The summed E-state index contributed by atoms with van der Waals surface area (Å²) in [4.78, 5) is 17.1. The molecule has 0 aliphatic carbocycles. The van der Waals surface area contributed by atoms with E-state index in [1.165, 1.54) is 5.56 Å². The van der Waals surface area contributed by atoms with Crippen LogP contribution in [0.2, 0.25) is 0 Å². The first-order valence-corrected chi connectivity index (χ1v) is 12.1. The van der Waals surface area contributed by atoms with Gasteiger partial charge in [0.2, 0.25) is 0 Å². The van der Waals surface area contributed by atoms with E-state index in [0.717, 1.165) is 45.3 Å². The first-order valence-electron chi connectivity index (χ1n) is 12.1. The Bertz CT molecular complexity index is 602. The van der Waals surface area contributed by atoms with Crippen molar-refractivity contribution in [1.29, 1.82) is 0 Å². The highest BCUT2D eigenvalue weighted by Crippen LogP contribution is 2.26. The van der Waals surface area contributed by atoms with Gasteiger partial charge in [0, 0.05) is 44.4 Å². The minimum Gasteiger partial charge on any atom is -0.496 e. The normalized spacial score (nSPS) is 18.1. The van der Waals surface area contributed by atoms with E-state index in [1.54, 1.807) is 7.11 Å². The third kappa shape index (κ3) is 11.2. The van der Waals surface area contributed by atoms with Crippen molar-refractivity contribution in [3.8, 4) is 5.75 Å². The van der Waals surface area contributed by atoms with Gasteiger partial charge in [0.1, 0.15) is 11.4 Å². The lowest BCUT2D eigenvalue weighted by molar-refractivity contribution is -0.0215. The highest BCUT2D eigenvalue weighted by atomic mass is 16.6. The molecule has 1 amide bonds. The zero-order valence-electron chi connectivity index (χ0n) is 22.6. The maximum absolute atomic E-state index is 12.7. The van der Waals surface area contributed by atoms with Gasteiger partial charge in [0.25, 0.3) is 0 Å². The molecule has 6 nitrogen and oxygen atoms in total. The van der Waals surface area contributed by atoms with Crippen LogP contribution in [0.1, 0.15) is 80.7 Å². The van der Waals surface area contributed by atoms with Gasteiger partial charge in [-0.15, -0.1) is 0 Å². The van der Waals surface area contributed by atoms with Gasteiger partial charge in [0.15, 0.2) is 0 Å². The Balaban J connectivity index is 0. The molecule has 1 N–H and O–H groups in total. The van der Waals surface area contributed by atoms with Crippen molar-refractivity contribution in [3.05, 3.63) is 29.8 Å². The van der Waals surface area contributed by atoms with Crippen molar-refractivity contribution in [2.75, 3.05) is 27.3 Å². The summed E-state index contributed by atoms with van der Waals surface area (Å²) in [6.07, 6.45) is 1.82. The van der Waals surface area contributed by atoms with Crippen LogP contribution in [0.5, 0.6) is 5.75 Å². The molecule has 0 bridgehead atoms. The average Bonchev–Trinajstić information content (AvgIpc) is 2.77. The maximum atomic E-state index is 12.7. The van der Waals surface area contributed by atoms with Crippen LogP contribution < -0.4 is 4.74 Å². The third-order valence-electron chi connectivity index (χ3n) is 4.67. The van der Waals surface area contributed by atoms with Crippen LogP contribution in [0.4, 0.5) is 4.79 Å². The van der Waals surface area contributed by atoms with Gasteiger partial charge in [-0.2, -0.15) is 0 Å². The highest BCUT2D eigenvalue weighted by Gasteiger charge is 2.37. The van der Waals surface area contributed by atoms with Gasteiger partial charge in [-0.25, -0.2) is 4.79 Å². The van der Waals surface area contributed by atoms with Gasteiger partial charge >= 0.3 is 6.09 Å². The summed E-state index contributed by atoms with van der Waals surface area (Å²) in [5.41, 5.74) is 0.713. The van der Waals surface area contributed by atoms with E-state index in [-0.39, 0.29) is 18.2 Å². The second kappa shape index (κ2) is 17.7. The van der Waals surface area contributed by atoms with E-state index >= 15 is 0 Å². The molecule has 2 rings (SSSR count). The van der Waals surface area contributed by atoms with Crippen LogP contribution in [0, 0.1) is 0 Å². The summed E-state index contributed by atoms with van der Waals surface area (Å²) in [6, 6.07) is 8.43. The maximum Gasteiger partial charge on any atom is 0.410 e. The topological polar surface area (TPSA) is 62.2 Å². The summed E-state index contributed by atoms with van der Waals surface area (Å²) in [5.74, 6) is 0.918. The minimum absolute atomic E-state index is 0.116. The number of rotatable bonds is 5. The van der Waals surface area contributed by atoms with Crippen LogP contribution in [-0.2, 0) is 11.3 Å². The Morgan fingerprint density at radius 2 is 1.66 bits per heavy atom. The molecule has 1 aromatic rings. The molecule has 1 aliphatic heterocycles. The van der Waals surface area contributed by atoms with Gasteiger partial charge in [-0.05, 0) is 40.2 Å². The minimum atomic E-state index is -0.470. The fourth-order valence-corrected chi connectivity index (χ4v) is 3.69. The third-order valence-corrected chi connectivity index (χ3v) is 4.67. The summed E-state index contributed by atoms with van der Waals surface area (Å²) in [7, 11) is 2.71. The molecule has 188 valence electrons. The number of para-hydroxylation sites is 1. The second-order valence-electron chi connectivity index (χ2n) is 8.19.